The third-order valence-corrected chi connectivity index (χ3v) is 5.98. The van der Waals surface area contributed by atoms with E-state index in [0.29, 0.717) is 26.9 Å². The van der Waals surface area contributed by atoms with Crippen LogP contribution in [-0.4, -0.2) is 23.4 Å². The summed E-state index contributed by atoms with van der Waals surface area (Å²) in [5.74, 6) is 0.545. The third kappa shape index (κ3) is 3.22. The van der Waals surface area contributed by atoms with E-state index < -0.39 is 0 Å². The van der Waals surface area contributed by atoms with Gasteiger partial charge in [0, 0.05) is 5.57 Å². The number of thiophene rings is 1. The average molecular weight is 492 g/mol. The van der Waals surface area contributed by atoms with Crippen molar-refractivity contribution in [3.05, 3.63) is 72.3 Å². The standard InChI is InChI=1S/C19H12Br2N2O2S/c20-15-6-10(7-16(21)17(15)24)5-14-13-8-11(12-2-4-26-9-12)1-3-22-18(13)23-19(14)25/h1-2,4-9,24H,3H2,(H,22,23,25)/b14-5+. The summed E-state index contributed by atoms with van der Waals surface area (Å²) in [6.07, 6.45) is 5.86. The second kappa shape index (κ2) is 6.98. The number of amides is 1. The highest BCUT2D eigenvalue weighted by atomic mass is 79.9. The summed E-state index contributed by atoms with van der Waals surface area (Å²) >= 11 is 8.28. The lowest BCUT2D eigenvalue weighted by Gasteiger charge is -2.04. The van der Waals surface area contributed by atoms with Crippen LogP contribution in [0.1, 0.15) is 11.1 Å². The molecule has 0 radical (unpaired) electrons. The number of aliphatic imine (C=N–C) groups is 1. The molecule has 0 saturated carbocycles. The van der Waals surface area contributed by atoms with E-state index in [9.17, 15) is 9.90 Å². The molecule has 0 aliphatic carbocycles. The second-order valence-electron chi connectivity index (χ2n) is 5.76. The first-order valence-electron chi connectivity index (χ1n) is 7.73. The topological polar surface area (TPSA) is 61.7 Å². The lowest BCUT2D eigenvalue weighted by atomic mass is 10.00. The third-order valence-electron chi connectivity index (χ3n) is 4.09. The molecule has 3 heterocycles. The molecule has 2 aliphatic heterocycles. The number of nitrogens with one attached hydrogen (secondary N) is 1. The van der Waals surface area contributed by atoms with Crippen molar-refractivity contribution in [3.63, 3.8) is 0 Å². The Morgan fingerprint density at radius 3 is 2.73 bits per heavy atom. The summed E-state index contributed by atoms with van der Waals surface area (Å²) in [7, 11) is 0. The molecule has 4 nitrogen and oxygen atoms in total. The highest BCUT2D eigenvalue weighted by Gasteiger charge is 2.29. The van der Waals surface area contributed by atoms with E-state index in [0.717, 1.165) is 22.3 Å². The number of amidine groups is 1. The van der Waals surface area contributed by atoms with Crippen molar-refractivity contribution in [3.8, 4) is 5.75 Å². The van der Waals surface area contributed by atoms with Gasteiger partial charge in [-0.2, -0.15) is 11.3 Å². The van der Waals surface area contributed by atoms with E-state index in [-0.39, 0.29) is 11.7 Å². The fourth-order valence-corrected chi connectivity index (χ4v) is 4.71. The Kier molecular flexibility index (Phi) is 4.69. The van der Waals surface area contributed by atoms with Gasteiger partial charge in [-0.15, -0.1) is 0 Å². The number of fused-ring (bicyclic) bond motifs is 1. The van der Waals surface area contributed by atoms with Gasteiger partial charge < -0.3 is 10.4 Å². The predicted octanol–water partition coefficient (Wildman–Crippen LogP) is 4.91. The zero-order valence-corrected chi connectivity index (χ0v) is 17.3. The minimum Gasteiger partial charge on any atom is -0.506 e. The van der Waals surface area contributed by atoms with Crippen LogP contribution in [0.15, 0.2) is 66.2 Å². The second-order valence-corrected chi connectivity index (χ2v) is 8.25. The number of aromatic hydroxyl groups is 1. The lowest BCUT2D eigenvalue weighted by Crippen LogP contribution is -2.20. The summed E-state index contributed by atoms with van der Waals surface area (Å²) in [6.45, 7) is 0.518. The Bertz CT molecular complexity index is 1010. The summed E-state index contributed by atoms with van der Waals surface area (Å²) < 4.78 is 1.11. The van der Waals surface area contributed by atoms with Crippen LogP contribution in [-0.2, 0) is 4.79 Å². The Morgan fingerprint density at radius 1 is 1.27 bits per heavy atom. The Labute approximate surface area is 170 Å². The molecule has 0 atom stereocenters. The number of hydrogen-bond acceptors (Lipinski definition) is 4. The zero-order valence-electron chi connectivity index (χ0n) is 13.3. The predicted molar refractivity (Wildman–Crippen MR) is 112 cm³/mol. The number of halogens is 2. The van der Waals surface area contributed by atoms with Crippen LogP contribution in [0, 0.1) is 0 Å². The molecule has 26 heavy (non-hydrogen) atoms. The van der Waals surface area contributed by atoms with Crippen LogP contribution < -0.4 is 5.32 Å². The van der Waals surface area contributed by atoms with Crippen LogP contribution in [0.5, 0.6) is 5.75 Å². The van der Waals surface area contributed by atoms with Gasteiger partial charge in [-0.25, -0.2) is 0 Å². The largest absolute Gasteiger partial charge is 0.506 e. The first-order chi connectivity index (χ1) is 12.5. The van der Waals surface area contributed by atoms with E-state index in [4.69, 9.17) is 0 Å². The molecular weight excluding hydrogens is 480 g/mol. The van der Waals surface area contributed by atoms with Crippen LogP contribution in [0.25, 0.3) is 11.6 Å². The normalized spacial score (nSPS) is 18.0. The summed E-state index contributed by atoms with van der Waals surface area (Å²) in [4.78, 5) is 17.0. The summed E-state index contributed by atoms with van der Waals surface area (Å²) in [5, 5.41) is 16.8. The van der Waals surface area contributed by atoms with E-state index in [2.05, 4.69) is 59.7 Å². The van der Waals surface area contributed by atoms with Gasteiger partial charge in [0.2, 0.25) is 0 Å². The van der Waals surface area contributed by atoms with Crippen molar-refractivity contribution < 1.29 is 9.90 Å². The average Bonchev–Trinajstić information content (AvgIpc) is 3.17. The molecule has 1 aromatic carbocycles. The monoisotopic (exact) mass is 490 g/mol. The van der Waals surface area contributed by atoms with Gasteiger partial charge in [-0.05, 0) is 89.7 Å². The maximum atomic E-state index is 12.5. The van der Waals surface area contributed by atoms with Crippen LogP contribution in [0.3, 0.4) is 0 Å². The van der Waals surface area contributed by atoms with Gasteiger partial charge in [-0.1, -0.05) is 6.08 Å². The van der Waals surface area contributed by atoms with Crippen molar-refractivity contribution in [2.75, 3.05) is 6.54 Å². The van der Waals surface area contributed by atoms with Crippen molar-refractivity contribution in [2.24, 2.45) is 4.99 Å². The minimum absolute atomic E-state index is 0.127. The molecule has 130 valence electrons. The first kappa shape index (κ1) is 17.5. The van der Waals surface area contributed by atoms with Crippen molar-refractivity contribution in [2.45, 2.75) is 0 Å². The van der Waals surface area contributed by atoms with Gasteiger partial charge in [0.15, 0.2) is 0 Å². The molecule has 0 spiro atoms. The summed E-state index contributed by atoms with van der Waals surface area (Å²) in [6, 6.07) is 5.59. The molecule has 0 bridgehead atoms. The van der Waals surface area contributed by atoms with Crippen molar-refractivity contribution in [1.82, 2.24) is 5.32 Å². The van der Waals surface area contributed by atoms with Gasteiger partial charge >= 0.3 is 0 Å². The fourth-order valence-electron chi connectivity index (χ4n) is 2.82. The molecular formula is C19H12Br2N2O2S. The first-order valence-corrected chi connectivity index (χ1v) is 10.3. The molecule has 2 N–H and O–H groups in total. The number of phenols is 1. The van der Waals surface area contributed by atoms with E-state index >= 15 is 0 Å². The molecule has 0 unspecified atom stereocenters. The number of hydrogen-bond donors (Lipinski definition) is 2. The number of benzene rings is 1. The van der Waals surface area contributed by atoms with E-state index in [1.165, 1.54) is 0 Å². The quantitative estimate of drug-likeness (QED) is 0.586. The molecule has 1 aromatic heterocycles. The van der Waals surface area contributed by atoms with Gasteiger partial charge in [0.1, 0.15) is 11.6 Å². The summed E-state index contributed by atoms with van der Waals surface area (Å²) in [5.41, 5.74) is 4.30. The number of allylic oxidation sites excluding steroid dienone is 2. The molecule has 7 heteroatoms. The Hall–Kier alpha value is -1.96. The fraction of sp³-hybridized carbons (Fsp3) is 0.0526. The van der Waals surface area contributed by atoms with E-state index in [1.54, 1.807) is 29.5 Å². The van der Waals surface area contributed by atoms with Gasteiger partial charge in [0.05, 0.1) is 21.1 Å². The molecule has 2 aromatic rings. The number of rotatable bonds is 2. The molecule has 1 saturated heterocycles. The van der Waals surface area contributed by atoms with Gasteiger partial charge in [-0.3, -0.25) is 9.79 Å². The maximum absolute atomic E-state index is 12.5. The van der Waals surface area contributed by atoms with Crippen molar-refractivity contribution >= 4 is 66.6 Å². The molecule has 1 fully saturated rings. The number of phenolic OH excluding ortho intramolecular Hbond substituents is 1. The van der Waals surface area contributed by atoms with Crippen LogP contribution in [0.2, 0.25) is 0 Å². The molecule has 4 rings (SSSR count). The number of carbonyl (C=O) groups is 1. The zero-order chi connectivity index (χ0) is 18.3. The number of carbonyl (C=O) groups excluding carboxylic acids is 1. The highest BCUT2D eigenvalue weighted by Crippen LogP contribution is 2.35. The molecule has 2 aliphatic rings. The minimum atomic E-state index is -0.179. The Balaban J connectivity index is 1.81. The smallest absolute Gasteiger partial charge is 0.257 e. The van der Waals surface area contributed by atoms with Crippen LogP contribution in [0.4, 0.5) is 0 Å². The SMILES string of the molecule is O=C1NC2=NCC=C(c3ccsc3)C=C2/C1=C\c1cc(Br)c(O)c(Br)c1. The number of nitrogens with zero attached hydrogens (tertiary/aromatic N) is 1. The van der Waals surface area contributed by atoms with Gasteiger partial charge in [0.25, 0.3) is 5.91 Å². The highest BCUT2D eigenvalue weighted by molar-refractivity contribution is 9.11. The van der Waals surface area contributed by atoms with Crippen molar-refractivity contribution in [1.29, 1.82) is 0 Å². The lowest BCUT2D eigenvalue weighted by molar-refractivity contribution is -0.115. The van der Waals surface area contributed by atoms with E-state index in [1.807, 2.05) is 11.5 Å². The maximum Gasteiger partial charge on any atom is 0.257 e. The van der Waals surface area contributed by atoms with Crippen LogP contribution >= 0.6 is 43.2 Å². The molecule has 1 amide bonds. The Morgan fingerprint density at radius 2 is 2.04 bits per heavy atom.